The van der Waals surface area contributed by atoms with Crippen LogP contribution in [0.2, 0.25) is 0 Å². The molecule has 136 valence electrons. The van der Waals surface area contributed by atoms with Gasteiger partial charge in [0.2, 0.25) is 0 Å². The van der Waals surface area contributed by atoms with Crippen LogP contribution in [0.15, 0.2) is 54.6 Å². The monoisotopic (exact) mass is 351 g/mol. The van der Waals surface area contributed by atoms with E-state index in [-0.39, 0.29) is 18.0 Å². The standard InChI is InChI=1S/C22H25NO3/c1-16(2)12-13-22(23-26-15-17-8-4-3-5-9-17)19-11-7-6-10-18(19)20(24)14-21(22)25/h3-11,16,23H,12-15H2,1-2H3. The van der Waals surface area contributed by atoms with Crippen LogP contribution in [0.25, 0.3) is 0 Å². The number of ketones is 2. The Labute approximate surface area is 154 Å². The van der Waals surface area contributed by atoms with Crippen LogP contribution in [0.3, 0.4) is 0 Å². The molecule has 0 fully saturated rings. The maximum atomic E-state index is 13.0. The number of nitrogens with one attached hydrogen (secondary N) is 1. The van der Waals surface area contributed by atoms with E-state index in [9.17, 15) is 9.59 Å². The number of carbonyl (C=O) groups is 2. The predicted molar refractivity (Wildman–Crippen MR) is 101 cm³/mol. The van der Waals surface area contributed by atoms with Gasteiger partial charge in [-0.1, -0.05) is 68.4 Å². The van der Waals surface area contributed by atoms with E-state index >= 15 is 0 Å². The molecular formula is C22H25NO3. The van der Waals surface area contributed by atoms with Crippen LogP contribution in [0.5, 0.6) is 0 Å². The predicted octanol–water partition coefficient (Wildman–Crippen LogP) is 4.20. The topological polar surface area (TPSA) is 55.4 Å². The molecule has 0 radical (unpaired) electrons. The molecular weight excluding hydrogens is 326 g/mol. The molecule has 0 spiro atoms. The molecule has 4 heteroatoms. The lowest BCUT2D eigenvalue weighted by atomic mass is 9.72. The number of hydroxylamine groups is 1. The van der Waals surface area contributed by atoms with E-state index in [1.165, 1.54) is 0 Å². The van der Waals surface area contributed by atoms with Crippen LogP contribution in [0, 0.1) is 5.92 Å². The Morgan fingerprint density at radius 2 is 1.73 bits per heavy atom. The molecule has 0 aliphatic heterocycles. The number of rotatable bonds is 7. The highest BCUT2D eigenvalue weighted by atomic mass is 16.6. The van der Waals surface area contributed by atoms with Crippen LogP contribution < -0.4 is 5.48 Å². The molecule has 0 saturated carbocycles. The molecule has 1 aliphatic rings. The smallest absolute Gasteiger partial charge is 0.170 e. The van der Waals surface area contributed by atoms with Crippen molar-refractivity contribution in [1.82, 2.24) is 5.48 Å². The summed E-state index contributed by atoms with van der Waals surface area (Å²) in [5, 5.41) is 0. The molecule has 2 aromatic rings. The first-order valence-corrected chi connectivity index (χ1v) is 9.12. The van der Waals surface area contributed by atoms with Gasteiger partial charge in [0.05, 0.1) is 13.0 Å². The van der Waals surface area contributed by atoms with Crippen LogP contribution in [0.1, 0.15) is 54.6 Å². The lowest BCUT2D eigenvalue weighted by Gasteiger charge is -2.38. The Balaban J connectivity index is 1.89. The summed E-state index contributed by atoms with van der Waals surface area (Å²) >= 11 is 0. The van der Waals surface area contributed by atoms with E-state index < -0.39 is 5.54 Å². The van der Waals surface area contributed by atoms with Crippen molar-refractivity contribution in [1.29, 1.82) is 0 Å². The molecule has 0 aromatic heterocycles. The third-order valence-corrected chi connectivity index (χ3v) is 4.91. The Kier molecular flexibility index (Phi) is 5.64. The summed E-state index contributed by atoms with van der Waals surface area (Å²) in [7, 11) is 0. The second kappa shape index (κ2) is 7.94. The summed E-state index contributed by atoms with van der Waals surface area (Å²) in [6.45, 7) is 4.61. The molecule has 1 atom stereocenters. The van der Waals surface area contributed by atoms with E-state index in [0.717, 1.165) is 17.5 Å². The fourth-order valence-corrected chi connectivity index (χ4v) is 3.40. The minimum absolute atomic E-state index is 0.0865. The number of carbonyl (C=O) groups excluding carboxylic acids is 2. The average Bonchev–Trinajstić information content (AvgIpc) is 2.64. The quantitative estimate of drug-likeness (QED) is 0.600. The summed E-state index contributed by atoms with van der Waals surface area (Å²) in [4.78, 5) is 31.1. The highest BCUT2D eigenvalue weighted by molar-refractivity contribution is 6.15. The van der Waals surface area contributed by atoms with Gasteiger partial charge in [0.15, 0.2) is 11.6 Å². The van der Waals surface area contributed by atoms with Gasteiger partial charge in [0.25, 0.3) is 0 Å². The van der Waals surface area contributed by atoms with E-state index in [0.29, 0.717) is 24.5 Å². The van der Waals surface area contributed by atoms with Crippen molar-refractivity contribution in [2.45, 2.75) is 45.3 Å². The third-order valence-electron chi connectivity index (χ3n) is 4.91. The van der Waals surface area contributed by atoms with Crippen LogP contribution >= 0.6 is 0 Å². The van der Waals surface area contributed by atoms with Gasteiger partial charge < -0.3 is 0 Å². The molecule has 4 nitrogen and oxygen atoms in total. The number of hydrogen-bond acceptors (Lipinski definition) is 4. The van der Waals surface area contributed by atoms with Gasteiger partial charge in [0, 0.05) is 5.56 Å². The van der Waals surface area contributed by atoms with E-state index in [2.05, 4.69) is 19.3 Å². The SMILES string of the molecule is CC(C)CCC1(NOCc2ccccc2)C(=O)CC(=O)c2ccccc21. The minimum atomic E-state index is -0.969. The Morgan fingerprint density at radius 3 is 2.46 bits per heavy atom. The van der Waals surface area contributed by atoms with E-state index in [4.69, 9.17) is 4.84 Å². The molecule has 1 aliphatic carbocycles. The van der Waals surface area contributed by atoms with Crippen molar-refractivity contribution < 1.29 is 14.4 Å². The normalized spacial score (nSPS) is 19.7. The molecule has 3 rings (SSSR count). The third kappa shape index (κ3) is 3.76. The summed E-state index contributed by atoms with van der Waals surface area (Å²) in [5.41, 5.74) is 4.46. The second-order valence-corrected chi connectivity index (χ2v) is 7.28. The summed E-state index contributed by atoms with van der Waals surface area (Å²) in [6, 6.07) is 17.2. The van der Waals surface area contributed by atoms with Crippen molar-refractivity contribution >= 4 is 11.6 Å². The van der Waals surface area contributed by atoms with Gasteiger partial charge in [0.1, 0.15) is 5.54 Å². The minimum Gasteiger partial charge on any atom is -0.297 e. The first-order chi connectivity index (χ1) is 12.5. The lowest BCUT2D eigenvalue weighted by Crippen LogP contribution is -2.53. The van der Waals surface area contributed by atoms with Crippen molar-refractivity contribution in [2.24, 2.45) is 5.92 Å². The Morgan fingerprint density at radius 1 is 1.04 bits per heavy atom. The van der Waals surface area contributed by atoms with Gasteiger partial charge in [-0.05, 0) is 29.9 Å². The van der Waals surface area contributed by atoms with Crippen LogP contribution in [-0.4, -0.2) is 11.6 Å². The van der Waals surface area contributed by atoms with Gasteiger partial charge in [-0.2, -0.15) is 5.48 Å². The fourth-order valence-electron chi connectivity index (χ4n) is 3.40. The average molecular weight is 351 g/mol. The first-order valence-electron chi connectivity index (χ1n) is 9.12. The van der Waals surface area contributed by atoms with Gasteiger partial charge in [-0.25, -0.2) is 0 Å². The zero-order valence-electron chi connectivity index (χ0n) is 15.3. The number of fused-ring (bicyclic) bond motifs is 1. The summed E-state index contributed by atoms with van der Waals surface area (Å²) in [6.07, 6.45) is 1.37. The largest absolute Gasteiger partial charge is 0.297 e. The summed E-state index contributed by atoms with van der Waals surface area (Å²) in [5.74, 6) is 0.214. The number of Topliss-reactive ketones (excluding diaryl/α,β-unsaturated/α-hetero) is 2. The first kappa shape index (κ1) is 18.5. The maximum Gasteiger partial charge on any atom is 0.170 e. The highest BCUT2D eigenvalue weighted by Gasteiger charge is 2.46. The Hall–Kier alpha value is -2.30. The second-order valence-electron chi connectivity index (χ2n) is 7.28. The molecule has 0 bridgehead atoms. The molecule has 0 heterocycles. The molecule has 0 saturated heterocycles. The number of hydrogen-bond donors (Lipinski definition) is 1. The van der Waals surface area contributed by atoms with Crippen LogP contribution in [-0.2, 0) is 21.8 Å². The molecule has 1 N–H and O–H groups in total. The van der Waals surface area contributed by atoms with Crippen molar-refractivity contribution in [2.75, 3.05) is 0 Å². The number of benzene rings is 2. The van der Waals surface area contributed by atoms with Crippen LogP contribution in [0.4, 0.5) is 0 Å². The van der Waals surface area contributed by atoms with Gasteiger partial charge >= 0.3 is 0 Å². The van der Waals surface area contributed by atoms with Crippen molar-refractivity contribution in [3.63, 3.8) is 0 Å². The van der Waals surface area contributed by atoms with E-state index in [1.54, 1.807) is 6.07 Å². The fraction of sp³-hybridized carbons (Fsp3) is 0.364. The van der Waals surface area contributed by atoms with Gasteiger partial charge in [-0.3, -0.25) is 14.4 Å². The zero-order valence-corrected chi connectivity index (χ0v) is 15.3. The van der Waals surface area contributed by atoms with Gasteiger partial charge in [-0.15, -0.1) is 0 Å². The zero-order chi connectivity index (χ0) is 18.6. The summed E-state index contributed by atoms with van der Waals surface area (Å²) < 4.78 is 0. The molecule has 2 aromatic carbocycles. The lowest BCUT2D eigenvalue weighted by molar-refractivity contribution is -0.135. The van der Waals surface area contributed by atoms with Crippen molar-refractivity contribution in [3.8, 4) is 0 Å². The molecule has 0 amide bonds. The maximum absolute atomic E-state index is 13.0. The van der Waals surface area contributed by atoms with Crippen molar-refractivity contribution in [3.05, 3.63) is 71.3 Å². The highest BCUT2D eigenvalue weighted by Crippen LogP contribution is 2.37. The Bertz CT molecular complexity index is 785. The molecule has 26 heavy (non-hydrogen) atoms. The molecule has 1 unspecified atom stereocenters. The van der Waals surface area contributed by atoms with E-state index in [1.807, 2.05) is 48.5 Å².